The van der Waals surface area contributed by atoms with Crippen molar-refractivity contribution in [2.75, 3.05) is 40.9 Å². The van der Waals surface area contributed by atoms with Crippen molar-refractivity contribution in [2.45, 2.75) is 303 Å². The number of nitrogens with one attached hydrogen (secondary N) is 1. The molecule has 0 aromatic carbocycles. The summed E-state index contributed by atoms with van der Waals surface area (Å²) < 4.78 is 30.6. The first-order valence-electron chi connectivity index (χ1n) is 30.3. The molecule has 418 valence electrons. The van der Waals surface area contributed by atoms with Gasteiger partial charge in [-0.2, -0.15) is 0 Å². The van der Waals surface area contributed by atoms with Gasteiger partial charge in [0.25, 0.3) is 0 Å². The number of ether oxygens (including phenoxy) is 1. The van der Waals surface area contributed by atoms with Crippen LogP contribution in [0.25, 0.3) is 0 Å². The van der Waals surface area contributed by atoms with Crippen molar-refractivity contribution in [3.05, 3.63) is 36.5 Å². The number of esters is 1. The van der Waals surface area contributed by atoms with E-state index in [1.165, 1.54) is 186 Å². The number of quaternary nitrogens is 1. The fourth-order valence-electron chi connectivity index (χ4n) is 8.81. The van der Waals surface area contributed by atoms with Gasteiger partial charge in [-0.05, 0) is 83.1 Å². The Kier molecular flexibility index (Phi) is 50.4. The van der Waals surface area contributed by atoms with Crippen LogP contribution in [0.15, 0.2) is 36.5 Å². The zero-order valence-corrected chi connectivity index (χ0v) is 48.6. The Morgan fingerprint density at radius 2 is 0.817 bits per heavy atom. The number of hydrogen-bond acceptors (Lipinski definition) is 6. The lowest BCUT2D eigenvalue weighted by molar-refractivity contribution is -0.870. The first-order chi connectivity index (χ1) is 34.4. The van der Waals surface area contributed by atoms with Crippen molar-refractivity contribution < 1.29 is 37.3 Å². The highest BCUT2D eigenvalue weighted by Crippen LogP contribution is 2.43. The minimum absolute atomic E-state index is 0.0387. The molecule has 0 fully saturated rings. The number of phosphoric ester groups is 1. The number of carbonyl (C=O) groups is 2. The maximum atomic E-state index is 13.5. The number of nitrogens with zero attached hydrogens (tertiary/aromatic N) is 1. The van der Waals surface area contributed by atoms with Gasteiger partial charge in [-0.1, -0.05) is 231 Å². The average Bonchev–Trinajstić information content (AvgIpc) is 3.33. The highest BCUT2D eigenvalue weighted by Gasteiger charge is 2.30. The van der Waals surface area contributed by atoms with Crippen LogP contribution in [0.1, 0.15) is 290 Å². The number of unbranched alkanes of at least 4 members (excludes halogenated alkanes) is 35. The lowest BCUT2D eigenvalue weighted by Crippen LogP contribution is -2.47. The van der Waals surface area contributed by atoms with E-state index in [9.17, 15) is 19.0 Å². The van der Waals surface area contributed by atoms with E-state index in [-0.39, 0.29) is 31.5 Å². The van der Waals surface area contributed by atoms with Crippen LogP contribution in [0.5, 0.6) is 0 Å². The zero-order valence-electron chi connectivity index (χ0n) is 47.7. The molecule has 0 spiro atoms. The van der Waals surface area contributed by atoms with Crippen LogP contribution < -0.4 is 5.32 Å². The molecule has 2 N–H and O–H groups in total. The molecule has 71 heavy (non-hydrogen) atoms. The third kappa shape index (κ3) is 52.9. The molecule has 0 saturated heterocycles. The van der Waals surface area contributed by atoms with Crippen LogP contribution in [0.4, 0.5) is 0 Å². The van der Waals surface area contributed by atoms with Gasteiger partial charge in [0.2, 0.25) is 5.91 Å². The molecule has 0 aromatic rings. The Balaban J connectivity index is 5.28. The number of allylic oxidation sites excluding steroid dienone is 5. The summed E-state index contributed by atoms with van der Waals surface area (Å²) in [5.74, 6) is -0.517. The molecule has 0 aliphatic carbocycles. The van der Waals surface area contributed by atoms with Gasteiger partial charge in [0.05, 0.1) is 33.8 Å². The van der Waals surface area contributed by atoms with Gasteiger partial charge in [0, 0.05) is 12.8 Å². The lowest BCUT2D eigenvalue weighted by Gasteiger charge is -2.27. The molecule has 3 atom stereocenters. The van der Waals surface area contributed by atoms with E-state index in [2.05, 4.69) is 50.4 Å². The second-order valence-electron chi connectivity index (χ2n) is 21.9. The Morgan fingerprint density at radius 3 is 1.21 bits per heavy atom. The van der Waals surface area contributed by atoms with Gasteiger partial charge in [-0.25, -0.2) is 4.57 Å². The van der Waals surface area contributed by atoms with Crippen LogP contribution in [0.3, 0.4) is 0 Å². The molecule has 0 rings (SSSR count). The van der Waals surface area contributed by atoms with Crippen LogP contribution in [0.2, 0.25) is 0 Å². The summed E-state index contributed by atoms with van der Waals surface area (Å²) in [4.78, 5) is 37.6. The first kappa shape index (κ1) is 69.2. The summed E-state index contributed by atoms with van der Waals surface area (Å²) in [5, 5.41) is 3.04. The highest BCUT2D eigenvalue weighted by molar-refractivity contribution is 7.47. The molecule has 0 aliphatic heterocycles. The SMILES string of the molecule is CCCCCCCC/C=C/CCCCCCCCCCCC(=O)OC(/C=C/CCCCCCCCCCCC)C(COP(=O)(O)OCC[N+](C)(C)C)NC(=O)CCCCC/C=C\CCCCCCCCC. The number of hydrogen-bond donors (Lipinski definition) is 2. The Bertz CT molecular complexity index is 1310. The number of carbonyl (C=O) groups excluding carboxylic acids is 2. The van der Waals surface area contributed by atoms with E-state index < -0.39 is 20.0 Å². The van der Waals surface area contributed by atoms with Gasteiger partial charge in [-0.3, -0.25) is 18.6 Å². The normalized spacial score (nSPS) is 14.0. The Hall–Kier alpha value is -1.77. The van der Waals surface area contributed by atoms with Gasteiger partial charge >= 0.3 is 13.8 Å². The first-order valence-corrected chi connectivity index (χ1v) is 31.8. The number of phosphoric acid groups is 1. The Labute approximate surface area is 440 Å². The molecule has 3 unspecified atom stereocenters. The van der Waals surface area contributed by atoms with Crippen LogP contribution in [0, 0.1) is 0 Å². The summed E-state index contributed by atoms with van der Waals surface area (Å²) >= 11 is 0. The van der Waals surface area contributed by atoms with Crippen molar-refractivity contribution >= 4 is 19.7 Å². The van der Waals surface area contributed by atoms with E-state index >= 15 is 0 Å². The summed E-state index contributed by atoms with van der Waals surface area (Å²) in [6, 6.07) is -0.853. The average molecular weight is 1020 g/mol. The van der Waals surface area contributed by atoms with E-state index in [1.807, 2.05) is 33.3 Å². The third-order valence-corrected chi connectivity index (χ3v) is 14.5. The maximum absolute atomic E-state index is 13.5. The second-order valence-corrected chi connectivity index (χ2v) is 23.3. The van der Waals surface area contributed by atoms with Crippen LogP contribution >= 0.6 is 7.82 Å². The monoisotopic (exact) mass is 1020 g/mol. The molecule has 1 amide bonds. The molecule has 10 heteroatoms. The van der Waals surface area contributed by atoms with Crippen LogP contribution in [-0.2, 0) is 27.9 Å². The molecule has 0 radical (unpaired) electrons. The van der Waals surface area contributed by atoms with Crippen molar-refractivity contribution in [3.8, 4) is 0 Å². The molecule has 0 aromatic heterocycles. The molecule has 9 nitrogen and oxygen atoms in total. The summed E-state index contributed by atoms with van der Waals surface area (Å²) in [6.45, 7) is 7.01. The molecule has 0 heterocycles. The fourth-order valence-corrected chi connectivity index (χ4v) is 9.55. The lowest BCUT2D eigenvalue weighted by atomic mass is 10.0. The zero-order chi connectivity index (χ0) is 52.2. The molecule has 0 aliphatic rings. The number of likely N-dealkylation sites (N-methyl/N-ethyl adjacent to an activating group) is 1. The minimum atomic E-state index is -4.45. The van der Waals surface area contributed by atoms with Crippen molar-refractivity contribution in [2.24, 2.45) is 0 Å². The highest BCUT2D eigenvalue weighted by atomic mass is 31.2. The van der Waals surface area contributed by atoms with E-state index in [1.54, 1.807) is 0 Å². The number of rotatable bonds is 55. The topological polar surface area (TPSA) is 111 Å². The molecular formula is C61H118N2O7P+. The fraction of sp³-hybridized carbons (Fsp3) is 0.869. The van der Waals surface area contributed by atoms with Gasteiger partial charge in [0.15, 0.2) is 0 Å². The van der Waals surface area contributed by atoms with E-state index in [4.69, 9.17) is 13.8 Å². The van der Waals surface area contributed by atoms with Crippen molar-refractivity contribution in [1.82, 2.24) is 5.32 Å². The van der Waals surface area contributed by atoms with Gasteiger partial charge in [-0.15, -0.1) is 0 Å². The van der Waals surface area contributed by atoms with E-state index in [0.717, 1.165) is 70.6 Å². The van der Waals surface area contributed by atoms with Crippen molar-refractivity contribution in [1.29, 1.82) is 0 Å². The van der Waals surface area contributed by atoms with Crippen LogP contribution in [-0.4, -0.2) is 74.3 Å². The molecule has 0 bridgehead atoms. The summed E-state index contributed by atoms with van der Waals surface area (Å²) in [7, 11) is 1.49. The summed E-state index contributed by atoms with van der Waals surface area (Å²) in [6.07, 6.45) is 61.4. The van der Waals surface area contributed by atoms with Crippen molar-refractivity contribution in [3.63, 3.8) is 0 Å². The standard InChI is InChI=1S/C61H117N2O7P/c1-7-10-13-16-19-22-25-28-30-31-32-33-34-36-39-42-45-48-51-54-61(65)70-59(52-49-46-43-40-37-27-24-21-18-15-12-9-3)58(57-69-71(66,67)68-56-55-63(4,5)6)62-60(64)53-50-47-44-41-38-35-29-26-23-20-17-14-11-8-2/h28,30,35,38,49,52,58-59H,7-27,29,31-34,36-37,39-48,50-51,53-57H2,1-6H3,(H-,62,64,66,67)/p+1/b30-28+,38-35-,52-49+. The predicted molar refractivity (Wildman–Crippen MR) is 305 cm³/mol. The maximum Gasteiger partial charge on any atom is 0.472 e. The second kappa shape index (κ2) is 51.7. The smallest absolute Gasteiger partial charge is 0.456 e. The van der Waals surface area contributed by atoms with Gasteiger partial charge in [0.1, 0.15) is 19.3 Å². The predicted octanol–water partition coefficient (Wildman–Crippen LogP) is 18.3. The molecule has 0 saturated carbocycles. The van der Waals surface area contributed by atoms with E-state index in [0.29, 0.717) is 17.4 Å². The third-order valence-electron chi connectivity index (χ3n) is 13.6. The minimum Gasteiger partial charge on any atom is -0.456 e. The largest absolute Gasteiger partial charge is 0.472 e. The quantitative estimate of drug-likeness (QED) is 0.0205. The Morgan fingerprint density at radius 1 is 0.479 bits per heavy atom. The molecular weight excluding hydrogens is 904 g/mol. The number of amides is 1. The summed E-state index contributed by atoms with van der Waals surface area (Å²) in [5.41, 5.74) is 0. The van der Waals surface area contributed by atoms with Gasteiger partial charge < -0.3 is 19.4 Å².